The van der Waals surface area contributed by atoms with Gasteiger partial charge < -0.3 is 19.5 Å². The Hall–Kier alpha value is -1.84. The number of hydrogen-bond donors (Lipinski definition) is 2. The van der Waals surface area contributed by atoms with E-state index in [-0.39, 0.29) is 23.5 Å². The Bertz CT molecular complexity index is 729. The second-order valence-corrected chi connectivity index (χ2v) is 7.77. The molecular weight excluding hydrogens is 360 g/mol. The number of nitrogens with one attached hydrogen (secondary N) is 2. The van der Waals surface area contributed by atoms with Gasteiger partial charge in [-0.15, -0.1) is 0 Å². The van der Waals surface area contributed by atoms with Crippen molar-refractivity contribution >= 4 is 15.9 Å². The van der Waals surface area contributed by atoms with Gasteiger partial charge in [-0.05, 0) is 30.9 Å². The fraction of sp³-hybridized carbons (Fsp3) is 0.588. The van der Waals surface area contributed by atoms with E-state index >= 15 is 0 Å². The summed E-state index contributed by atoms with van der Waals surface area (Å²) in [5, 5.41) is 2.67. The van der Waals surface area contributed by atoms with Crippen molar-refractivity contribution in [1.29, 1.82) is 0 Å². The van der Waals surface area contributed by atoms with E-state index in [0.717, 1.165) is 12.8 Å². The van der Waals surface area contributed by atoms with Crippen molar-refractivity contribution < 1.29 is 27.4 Å². The van der Waals surface area contributed by atoms with Crippen molar-refractivity contribution in [3.8, 4) is 11.5 Å². The highest BCUT2D eigenvalue weighted by Gasteiger charge is 2.24. The number of amides is 1. The fourth-order valence-electron chi connectivity index (χ4n) is 2.81. The van der Waals surface area contributed by atoms with E-state index in [2.05, 4.69) is 10.0 Å². The monoisotopic (exact) mass is 386 g/mol. The quantitative estimate of drug-likeness (QED) is 0.652. The summed E-state index contributed by atoms with van der Waals surface area (Å²) in [6.07, 6.45) is 2.01. The maximum Gasteiger partial charge on any atom is 0.241 e. The van der Waals surface area contributed by atoms with E-state index < -0.39 is 10.0 Å². The zero-order chi connectivity index (χ0) is 19.2. The molecule has 1 fully saturated rings. The van der Waals surface area contributed by atoms with Crippen LogP contribution in [0.5, 0.6) is 11.5 Å². The Morgan fingerprint density at radius 1 is 1.27 bits per heavy atom. The van der Waals surface area contributed by atoms with Gasteiger partial charge in [-0.3, -0.25) is 4.79 Å². The summed E-state index contributed by atoms with van der Waals surface area (Å²) in [7, 11) is -0.830. The van der Waals surface area contributed by atoms with Gasteiger partial charge in [-0.2, -0.15) is 0 Å². The molecule has 26 heavy (non-hydrogen) atoms. The zero-order valence-electron chi connectivity index (χ0n) is 15.3. The third-order valence-electron chi connectivity index (χ3n) is 4.15. The molecule has 0 radical (unpaired) electrons. The van der Waals surface area contributed by atoms with Crippen LogP contribution in [0.1, 0.15) is 25.3 Å². The van der Waals surface area contributed by atoms with Crippen molar-refractivity contribution in [2.45, 2.75) is 37.2 Å². The van der Waals surface area contributed by atoms with E-state index in [1.54, 1.807) is 6.07 Å². The molecule has 9 heteroatoms. The largest absolute Gasteiger partial charge is 0.493 e. The Morgan fingerprint density at radius 2 is 1.96 bits per heavy atom. The first kappa shape index (κ1) is 20.5. The van der Waals surface area contributed by atoms with Gasteiger partial charge in [0, 0.05) is 32.7 Å². The highest BCUT2D eigenvalue weighted by Crippen LogP contribution is 2.33. The Kier molecular flexibility index (Phi) is 7.24. The molecule has 1 aliphatic rings. The summed E-state index contributed by atoms with van der Waals surface area (Å²) in [4.78, 5) is 11.2. The second-order valence-electron chi connectivity index (χ2n) is 6.03. The van der Waals surface area contributed by atoms with E-state index in [9.17, 15) is 13.2 Å². The van der Waals surface area contributed by atoms with Crippen LogP contribution in [-0.4, -0.2) is 54.3 Å². The van der Waals surface area contributed by atoms with E-state index in [0.29, 0.717) is 36.6 Å². The number of sulfonamides is 1. The maximum atomic E-state index is 12.8. The molecule has 0 bridgehead atoms. The summed E-state index contributed by atoms with van der Waals surface area (Å²) in [6, 6.07) is 3.07. The molecule has 1 aromatic rings. The lowest BCUT2D eigenvalue weighted by Crippen LogP contribution is -2.32. The van der Waals surface area contributed by atoms with Crippen LogP contribution in [-0.2, 0) is 26.0 Å². The van der Waals surface area contributed by atoms with E-state index in [1.165, 1.54) is 27.2 Å². The topological polar surface area (TPSA) is 103 Å². The smallest absolute Gasteiger partial charge is 0.241 e. The predicted molar refractivity (Wildman–Crippen MR) is 96.1 cm³/mol. The van der Waals surface area contributed by atoms with Gasteiger partial charge in [0.05, 0.1) is 25.2 Å². The standard InChI is InChI=1S/C17H26N2O6S/c1-12(20)18-7-6-13-9-15(23-2)16(24-3)10-17(13)26(21,22)19-11-14-5-4-8-25-14/h9-10,14,19H,4-8,11H2,1-3H3,(H,18,20)/t14-/m0/s1. The van der Waals surface area contributed by atoms with Gasteiger partial charge in [-0.1, -0.05) is 0 Å². The predicted octanol–water partition coefficient (Wildman–Crippen LogP) is 0.840. The Labute approximate surface area is 154 Å². The SMILES string of the molecule is COc1cc(CCNC(C)=O)c(S(=O)(=O)NC[C@@H]2CCCO2)cc1OC. The van der Waals surface area contributed by atoms with E-state index in [1.807, 2.05) is 0 Å². The molecule has 146 valence electrons. The minimum absolute atomic E-state index is 0.104. The lowest BCUT2D eigenvalue weighted by atomic mass is 10.1. The van der Waals surface area contributed by atoms with Crippen molar-refractivity contribution in [2.24, 2.45) is 0 Å². The number of benzene rings is 1. The number of carbonyl (C=O) groups is 1. The fourth-order valence-corrected chi connectivity index (χ4v) is 4.14. The third-order valence-corrected chi connectivity index (χ3v) is 5.66. The van der Waals surface area contributed by atoms with Crippen LogP contribution in [0.2, 0.25) is 0 Å². The average molecular weight is 386 g/mol. The minimum atomic E-state index is -3.76. The van der Waals surface area contributed by atoms with Crippen molar-refractivity contribution in [3.63, 3.8) is 0 Å². The maximum absolute atomic E-state index is 12.8. The first-order valence-electron chi connectivity index (χ1n) is 8.48. The molecule has 0 aliphatic carbocycles. The van der Waals surface area contributed by atoms with Gasteiger partial charge in [0.25, 0.3) is 0 Å². The van der Waals surface area contributed by atoms with Crippen LogP contribution < -0.4 is 19.5 Å². The number of carbonyl (C=O) groups excluding carboxylic acids is 1. The van der Waals surface area contributed by atoms with Gasteiger partial charge in [0.1, 0.15) is 0 Å². The summed E-state index contributed by atoms with van der Waals surface area (Å²) in [6.45, 7) is 2.61. The number of hydrogen-bond acceptors (Lipinski definition) is 6. The van der Waals surface area contributed by atoms with Gasteiger partial charge in [-0.25, -0.2) is 13.1 Å². The van der Waals surface area contributed by atoms with Crippen molar-refractivity contribution in [1.82, 2.24) is 10.0 Å². The van der Waals surface area contributed by atoms with Crippen LogP contribution in [0.4, 0.5) is 0 Å². The molecule has 1 heterocycles. The van der Waals surface area contributed by atoms with Crippen LogP contribution in [0.25, 0.3) is 0 Å². The molecule has 0 saturated carbocycles. The molecule has 0 aromatic heterocycles. The molecule has 1 aromatic carbocycles. The summed E-state index contributed by atoms with van der Waals surface area (Å²) >= 11 is 0. The molecule has 2 rings (SSSR count). The molecular formula is C17H26N2O6S. The minimum Gasteiger partial charge on any atom is -0.493 e. The second kappa shape index (κ2) is 9.20. The molecule has 8 nitrogen and oxygen atoms in total. The van der Waals surface area contributed by atoms with Crippen LogP contribution in [0.3, 0.4) is 0 Å². The third kappa shape index (κ3) is 5.33. The zero-order valence-corrected chi connectivity index (χ0v) is 16.1. The molecule has 1 aliphatic heterocycles. The normalized spacial score (nSPS) is 17.1. The van der Waals surface area contributed by atoms with Crippen LogP contribution >= 0.6 is 0 Å². The van der Waals surface area contributed by atoms with Gasteiger partial charge in [0.15, 0.2) is 11.5 Å². The number of ether oxygens (including phenoxy) is 3. The van der Waals surface area contributed by atoms with Crippen molar-refractivity contribution in [3.05, 3.63) is 17.7 Å². The van der Waals surface area contributed by atoms with Gasteiger partial charge in [0.2, 0.25) is 15.9 Å². The van der Waals surface area contributed by atoms with Gasteiger partial charge >= 0.3 is 0 Å². The first-order valence-corrected chi connectivity index (χ1v) is 9.96. The summed E-state index contributed by atoms with van der Waals surface area (Å²) < 4.78 is 44.2. The summed E-state index contributed by atoms with van der Waals surface area (Å²) in [5.41, 5.74) is 0.538. The summed E-state index contributed by atoms with van der Waals surface area (Å²) in [5.74, 6) is 0.586. The molecule has 1 amide bonds. The number of methoxy groups -OCH3 is 2. The number of rotatable bonds is 9. The molecule has 1 saturated heterocycles. The average Bonchev–Trinajstić information content (AvgIpc) is 3.12. The van der Waals surface area contributed by atoms with Crippen molar-refractivity contribution in [2.75, 3.05) is 33.9 Å². The molecule has 1 atom stereocenters. The Balaban J connectivity index is 2.27. The van der Waals surface area contributed by atoms with Crippen LogP contribution in [0.15, 0.2) is 17.0 Å². The molecule has 2 N–H and O–H groups in total. The lowest BCUT2D eigenvalue weighted by molar-refractivity contribution is -0.118. The highest BCUT2D eigenvalue weighted by atomic mass is 32.2. The molecule has 0 unspecified atom stereocenters. The van der Waals surface area contributed by atoms with Crippen LogP contribution in [0, 0.1) is 0 Å². The molecule has 0 spiro atoms. The first-order chi connectivity index (χ1) is 12.4. The highest BCUT2D eigenvalue weighted by molar-refractivity contribution is 7.89. The Morgan fingerprint density at radius 3 is 2.54 bits per heavy atom. The van der Waals surface area contributed by atoms with E-state index in [4.69, 9.17) is 14.2 Å². The lowest BCUT2D eigenvalue weighted by Gasteiger charge is -2.17.